The van der Waals surface area contributed by atoms with Crippen LogP contribution in [-0.2, 0) is 4.79 Å². The van der Waals surface area contributed by atoms with Crippen LogP contribution in [0.1, 0.15) is 13.3 Å². The lowest BCUT2D eigenvalue weighted by molar-refractivity contribution is -0.113. The van der Waals surface area contributed by atoms with E-state index in [-0.39, 0.29) is 5.78 Å². The Morgan fingerprint density at radius 1 is 1.54 bits per heavy atom. The average molecular weight is 179 g/mol. The third-order valence-electron chi connectivity index (χ3n) is 1.79. The Balaban J connectivity index is 3.01. The van der Waals surface area contributed by atoms with E-state index in [0.717, 1.165) is 5.70 Å². The first-order chi connectivity index (χ1) is 6.13. The van der Waals surface area contributed by atoms with Crippen LogP contribution in [0.25, 0.3) is 0 Å². The maximum Gasteiger partial charge on any atom is 0.159 e. The average Bonchev–Trinajstić information content (AvgIpc) is 2.26. The van der Waals surface area contributed by atoms with Gasteiger partial charge in [-0.3, -0.25) is 10.6 Å². The Morgan fingerprint density at radius 3 is 2.77 bits per heavy atom. The smallest absolute Gasteiger partial charge is 0.159 e. The number of hydrogen-bond donors (Lipinski definition) is 3. The highest BCUT2D eigenvalue weighted by molar-refractivity contribution is 5.96. The van der Waals surface area contributed by atoms with Gasteiger partial charge in [-0.05, 0) is 25.2 Å². The lowest BCUT2D eigenvalue weighted by Crippen LogP contribution is -2.22. The van der Waals surface area contributed by atoms with Crippen LogP contribution in [0, 0.1) is 0 Å². The lowest BCUT2D eigenvalue weighted by Gasteiger charge is -2.04. The van der Waals surface area contributed by atoms with Gasteiger partial charge in [0.1, 0.15) is 0 Å². The van der Waals surface area contributed by atoms with Crippen molar-refractivity contribution in [3.05, 3.63) is 35.2 Å². The second kappa shape index (κ2) is 3.91. The molecule has 13 heavy (non-hydrogen) atoms. The molecule has 1 aliphatic rings. The second-order valence-electron chi connectivity index (χ2n) is 2.91. The topological polar surface area (TPSA) is 81.1 Å². The minimum atomic E-state index is -0.00120. The zero-order valence-electron chi connectivity index (χ0n) is 7.50. The van der Waals surface area contributed by atoms with Gasteiger partial charge in [0.05, 0.1) is 0 Å². The zero-order chi connectivity index (χ0) is 9.84. The summed E-state index contributed by atoms with van der Waals surface area (Å²) < 4.78 is 0. The molecule has 0 saturated heterocycles. The van der Waals surface area contributed by atoms with E-state index in [0.29, 0.717) is 17.7 Å². The van der Waals surface area contributed by atoms with Gasteiger partial charge >= 0.3 is 0 Å². The Kier molecular flexibility index (Phi) is 2.87. The van der Waals surface area contributed by atoms with Crippen molar-refractivity contribution in [3.8, 4) is 0 Å². The lowest BCUT2D eigenvalue weighted by atomic mass is 10.1. The van der Waals surface area contributed by atoms with Crippen LogP contribution in [0.15, 0.2) is 35.2 Å². The first-order valence-electron chi connectivity index (χ1n) is 3.98. The molecule has 4 nitrogen and oxygen atoms in total. The highest BCUT2D eigenvalue weighted by atomic mass is 16.1. The van der Waals surface area contributed by atoms with Crippen LogP contribution in [-0.4, -0.2) is 5.78 Å². The fraction of sp³-hybridized carbons (Fsp3) is 0.222. The quantitative estimate of drug-likeness (QED) is 0.414. The normalized spacial score (nSPS) is 16.6. The Labute approximate surface area is 76.9 Å². The summed E-state index contributed by atoms with van der Waals surface area (Å²) in [5.74, 6) is 5.26. The molecule has 0 radical (unpaired) electrons. The van der Waals surface area contributed by atoms with Crippen LogP contribution in [0.5, 0.6) is 0 Å². The summed E-state index contributed by atoms with van der Waals surface area (Å²) in [6.07, 6.45) is 5.67. The van der Waals surface area contributed by atoms with Gasteiger partial charge in [0.2, 0.25) is 0 Å². The SMILES string of the molecule is CC(=O)C1=CC=C(N)CC(NN)=C1. The van der Waals surface area contributed by atoms with E-state index in [9.17, 15) is 4.79 Å². The Bertz CT molecular complexity index is 313. The number of ketones is 1. The molecule has 4 heteroatoms. The van der Waals surface area contributed by atoms with Gasteiger partial charge in [0.15, 0.2) is 5.78 Å². The number of carbonyl (C=O) groups excluding carboxylic acids is 1. The molecule has 0 aromatic heterocycles. The molecule has 0 bridgehead atoms. The molecule has 1 rings (SSSR count). The van der Waals surface area contributed by atoms with Crippen molar-refractivity contribution in [3.63, 3.8) is 0 Å². The molecule has 1 aliphatic carbocycles. The third kappa shape index (κ3) is 2.45. The first-order valence-corrected chi connectivity index (χ1v) is 3.98. The van der Waals surface area contributed by atoms with Crippen LogP contribution >= 0.6 is 0 Å². The van der Waals surface area contributed by atoms with E-state index in [1.54, 1.807) is 18.2 Å². The van der Waals surface area contributed by atoms with E-state index in [1.807, 2.05) is 0 Å². The van der Waals surface area contributed by atoms with Crippen LogP contribution in [0.2, 0.25) is 0 Å². The number of hydrazine groups is 1. The summed E-state index contributed by atoms with van der Waals surface area (Å²) in [5.41, 5.74) is 10.2. The van der Waals surface area contributed by atoms with Crippen molar-refractivity contribution in [1.29, 1.82) is 0 Å². The number of rotatable bonds is 2. The maximum absolute atomic E-state index is 11.1. The fourth-order valence-electron chi connectivity index (χ4n) is 1.07. The number of nitrogens with one attached hydrogen (secondary N) is 1. The maximum atomic E-state index is 11.1. The third-order valence-corrected chi connectivity index (χ3v) is 1.79. The highest BCUT2D eigenvalue weighted by Crippen LogP contribution is 2.12. The Morgan fingerprint density at radius 2 is 2.23 bits per heavy atom. The predicted molar refractivity (Wildman–Crippen MR) is 51.1 cm³/mol. The molecule has 0 aromatic carbocycles. The fourth-order valence-corrected chi connectivity index (χ4v) is 1.07. The van der Waals surface area contributed by atoms with Gasteiger partial charge in [-0.15, -0.1) is 0 Å². The number of hydrogen-bond acceptors (Lipinski definition) is 4. The molecule has 0 aromatic rings. The first kappa shape index (κ1) is 9.54. The predicted octanol–water partition coefficient (Wildman–Crippen LogP) is 0.0953. The molecule has 0 amide bonds. The second-order valence-corrected chi connectivity index (χ2v) is 2.91. The van der Waals surface area contributed by atoms with Crippen molar-refractivity contribution in [2.75, 3.05) is 0 Å². The summed E-state index contributed by atoms with van der Waals surface area (Å²) in [6, 6.07) is 0. The Hall–Kier alpha value is -1.55. The molecule has 0 fully saturated rings. The number of nitrogens with two attached hydrogens (primary N) is 2. The minimum absolute atomic E-state index is 0.00120. The van der Waals surface area contributed by atoms with E-state index in [2.05, 4.69) is 5.43 Å². The molecule has 0 aliphatic heterocycles. The molecule has 0 heterocycles. The molecular weight excluding hydrogens is 166 g/mol. The molecule has 70 valence electrons. The number of carbonyl (C=O) groups is 1. The van der Waals surface area contributed by atoms with Crippen molar-refractivity contribution in [1.82, 2.24) is 5.43 Å². The monoisotopic (exact) mass is 179 g/mol. The molecule has 0 atom stereocenters. The largest absolute Gasteiger partial charge is 0.402 e. The standard InChI is InChI=1S/C9H13N3O/c1-6(13)7-2-3-8(10)5-9(4-7)12-11/h2-4,12H,5,10-11H2,1H3. The van der Waals surface area contributed by atoms with Gasteiger partial charge in [0.25, 0.3) is 0 Å². The van der Waals surface area contributed by atoms with Crippen LogP contribution in [0.4, 0.5) is 0 Å². The molecule has 0 saturated carbocycles. The van der Waals surface area contributed by atoms with Gasteiger partial charge in [-0.1, -0.05) is 0 Å². The van der Waals surface area contributed by atoms with E-state index >= 15 is 0 Å². The van der Waals surface area contributed by atoms with Crippen molar-refractivity contribution in [2.45, 2.75) is 13.3 Å². The summed E-state index contributed by atoms with van der Waals surface area (Å²) in [6.45, 7) is 1.51. The molecular formula is C9H13N3O. The van der Waals surface area contributed by atoms with Gasteiger partial charge in [0, 0.05) is 23.4 Å². The summed E-state index contributed by atoms with van der Waals surface area (Å²) in [4.78, 5) is 11.1. The van der Waals surface area contributed by atoms with Crippen molar-refractivity contribution >= 4 is 5.78 Å². The van der Waals surface area contributed by atoms with Crippen LogP contribution < -0.4 is 17.0 Å². The summed E-state index contributed by atoms with van der Waals surface area (Å²) in [7, 11) is 0. The number of allylic oxidation sites excluding steroid dienone is 4. The zero-order valence-corrected chi connectivity index (χ0v) is 7.50. The van der Waals surface area contributed by atoms with Gasteiger partial charge in [-0.2, -0.15) is 0 Å². The molecule has 0 spiro atoms. The highest BCUT2D eigenvalue weighted by Gasteiger charge is 2.06. The van der Waals surface area contributed by atoms with E-state index < -0.39 is 0 Å². The van der Waals surface area contributed by atoms with E-state index in [4.69, 9.17) is 11.6 Å². The molecule has 5 N–H and O–H groups in total. The van der Waals surface area contributed by atoms with E-state index in [1.165, 1.54) is 6.92 Å². The number of Topliss-reactive ketones (excluding diaryl/α,β-unsaturated/α-hetero) is 1. The van der Waals surface area contributed by atoms with Crippen LogP contribution in [0.3, 0.4) is 0 Å². The van der Waals surface area contributed by atoms with Gasteiger partial charge < -0.3 is 11.2 Å². The van der Waals surface area contributed by atoms with Gasteiger partial charge in [-0.25, -0.2) is 0 Å². The minimum Gasteiger partial charge on any atom is -0.402 e. The van der Waals surface area contributed by atoms with Crippen molar-refractivity contribution < 1.29 is 4.79 Å². The molecule has 0 unspecified atom stereocenters. The summed E-state index contributed by atoms with van der Waals surface area (Å²) in [5, 5.41) is 0. The van der Waals surface area contributed by atoms with Crippen molar-refractivity contribution in [2.24, 2.45) is 11.6 Å². The summed E-state index contributed by atoms with van der Waals surface area (Å²) >= 11 is 0.